The summed E-state index contributed by atoms with van der Waals surface area (Å²) in [6.45, 7) is 0.449. The number of hydrogen-bond donors (Lipinski definition) is 0. The Hall–Kier alpha value is 0.340. The molecule has 0 aliphatic carbocycles. The third-order valence-electron chi connectivity index (χ3n) is 2.71. The summed E-state index contributed by atoms with van der Waals surface area (Å²) in [5, 5.41) is 0.0638. The molecule has 0 saturated carbocycles. The van der Waals surface area contributed by atoms with Crippen LogP contribution in [-0.4, -0.2) is 50.4 Å². The summed E-state index contributed by atoms with van der Waals surface area (Å²) in [6, 6.07) is -0.0284. The third kappa shape index (κ3) is 4.84. The fourth-order valence-electron chi connectivity index (χ4n) is 2.11. The Balaban J connectivity index is 2.76. The minimum atomic E-state index is -3.67. The van der Waals surface area contributed by atoms with E-state index in [0.717, 1.165) is 37.3 Å². The van der Waals surface area contributed by atoms with Crippen LogP contribution in [-0.2, 0) is 19.9 Å². The van der Waals surface area contributed by atoms with Gasteiger partial charge in [-0.2, -0.15) is 4.31 Å². The molecule has 0 radical (unpaired) electrons. The van der Waals surface area contributed by atoms with E-state index in [1.807, 2.05) is 0 Å². The smallest absolute Gasteiger partial charge is 0.228 e. The Labute approximate surface area is 112 Å². The molecular formula is C9H18BrNO4S2. The zero-order chi connectivity index (χ0) is 13.1. The SMILES string of the molecule is CS(=O)(=O)CS(=O)(=O)N1CCCC1CCCBr. The molecule has 0 bridgehead atoms. The van der Waals surface area contributed by atoms with Crippen LogP contribution in [0.4, 0.5) is 0 Å². The minimum Gasteiger partial charge on any atom is -0.228 e. The molecule has 0 spiro atoms. The minimum absolute atomic E-state index is 0.0284. The number of halogens is 1. The average Bonchev–Trinajstić information content (AvgIpc) is 2.59. The zero-order valence-corrected chi connectivity index (χ0v) is 13.0. The highest BCUT2D eigenvalue weighted by Crippen LogP contribution is 2.25. The summed E-state index contributed by atoms with van der Waals surface area (Å²) in [7, 11) is -7.17. The van der Waals surface area contributed by atoms with Gasteiger partial charge in [-0.05, 0) is 25.7 Å². The molecule has 0 aromatic rings. The van der Waals surface area contributed by atoms with Gasteiger partial charge in [0.1, 0.15) is 0 Å². The van der Waals surface area contributed by atoms with Crippen molar-refractivity contribution in [1.82, 2.24) is 4.31 Å². The van der Waals surface area contributed by atoms with Crippen molar-refractivity contribution in [3.63, 3.8) is 0 Å². The average molecular weight is 348 g/mol. The fourth-order valence-corrected chi connectivity index (χ4v) is 6.22. The van der Waals surface area contributed by atoms with Crippen molar-refractivity contribution in [2.24, 2.45) is 0 Å². The van der Waals surface area contributed by atoms with Crippen LogP contribution in [0.3, 0.4) is 0 Å². The lowest BCUT2D eigenvalue weighted by Gasteiger charge is -2.23. The van der Waals surface area contributed by atoms with Gasteiger partial charge in [0.2, 0.25) is 10.0 Å². The first kappa shape index (κ1) is 15.4. The Kier molecular flexibility index (Phi) is 5.42. The molecule has 1 saturated heterocycles. The summed E-state index contributed by atoms with van der Waals surface area (Å²) in [5.41, 5.74) is 0. The highest BCUT2D eigenvalue weighted by atomic mass is 79.9. The van der Waals surface area contributed by atoms with Gasteiger partial charge >= 0.3 is 0 Å². The molecule has 0 aromatic heterocycles. The van der Waals surface area contributed by atoms with Gasteiger partial charge in [-0.15, -0.1) is 0 Å². The normalized spacial score (nSPS) is 23.1. The highest BCUT2D eigenvalue weighted by Gasteiger charge is 2.35. The van der Waals surface area contributed by atoms with Crippen molar-refractivity contribution in [3.05, 3.63) is 0 Å². The van der Waals surface area contributed by atoms with E-state index in [1.54, 1.807) is 0 Å². The largest absolute Gasteiger partial charge is 0.228 e. The molecule has 1 heterocycles. The summed E-state index contributed by atoms with van der Waals surface area (Å²) in [6.07, 6.45) is 4.28. The van der Waals surface area contributed by atoms with E-state index in [0.29, 0.717) is 6.54 Å². The molecule has 0 N–H and O–H groups in total. The molecule has 1 fully saturated rings. The number of rotatable bonds is 6. The van der Waals surface area contributed by atoms with E-state index in [4.69, 9.17) is 0 Å². The van der Waals surface area contributed by atoms with Gasteiger partial charge in [-0.1, -0.05) is 15.9 Å². The lowest BCUT2D eigenvalue weighted by Crippen LogP contribution is -2.38. The van der Waals surface area contributed by atoms with Crippen LogP contribution >= 0.6 is 15.9 Å². The van der Waals surface area contributed by atoms with Crippen molar-refractivity contribution in [3.8, 4) is 0 Å². The molecule has 102 valence electrons. The third-order valence-corrected chi connectivity index (χ3v) is 7.37. The summed E-state index contributed by atoms with van der Waals surface area (Å²) < 4.78 is 47.5. The molecular weight excluding hydrogens is 330 g/mol. The maximum absolute atomic E-state index is 12.0. The van der Waals surface area contributed by atoms with E-state index in [2.05, 4.69) is 15.9 Å². The first-order valence-electron chi connectivity index (χ1n) is 5.49. The van der Waals surface area contributed by atoms with Gasteiger partial charge in [0.25, 0.3) is 0 Å². The standard InChI is InChI=1S/C9H18BrNO4S2/c1-16(12,13)8-17(14,15)11-7-3-5-9(11)4-2-6-10/h9H,2-8H2,1H3. The molecule has 1 atom stereocenters. The van der Waals surface area contributed by atoms with E-state index < -0.39 is 24.9 Å². The summed E-state index contributed by atoms with van der Waals surface area (Å²) >= 11 is 3.31. The quantitative estimate of drug-likeness (QED) is 0.671. The van der Waals surface area contributed by atoms with Crippen molar-refractivity contribution in [2.75, 3.05) is 23.2 Å². The Morgan fingerprint density at radius 1 is 1.29 bits per heavy atom. The number of alkyl halides is 1. The Morgan fingerprint density at radius 2 is 1.94 bits per heavy atom. The predicted octanol–water partition coefficient (Wildman–Crippen LogP) is 0.958. The number of sulfonamides is 1. The first-order chi connectivity index (χ1) is 7.76. The number of hydrogen-bond acceptors (Lipinski definition) is 4. The fraction of sp³-hybridized carbons (Fsp3) is 1.00. The predicted molar refractivity (Wildman–Crippen MR) is 71.4 cm³/mol. The Morgan fingerprint density at radius 3 is 2.47 bits per heavy atom. The second kappa shape index (κ2) is 5.99. The maximum atomic E-state index is 12.0. The van der Waals surface area contributed by atoms with Crippen LogP contribution in [0, 0.1) is 0 Å². The van der Waals surface area contributed by atoms with Crippen LogP contribution < -0.4 is 0 Å². The van der Waals surface area contributed by atoms with Gasteiger partial charge in [0.05, 0.1) is 0 Å². The van der Waals surface area contributed by atoms with Crippen LogP contribution in [0.2, 0.25) is 0 Å². The lowest BCUT2D eigenvalue weighted by molar-refractivity contribution is 0.371. The summed E-state index contributed by atoms with van der Waals surface area (Å²) in [4.78, 5) is 0. The Bertz CT molecular complexity index is 446. The van der Waals surface area contributed by atoms with E-state index in [-0.39, 0.29) is 6.04 Å². The van der Waals surface area contributed by atoms with Gasteiger partial charge in [-0.3, -0.25) is 0 Å². The van der Waals surface area contributed by atoms with E-state index in [1.165, 1.54) is 4.31 Å². The molecule has 0 aromatic carbocycles. The van der Waals surface area contributed by atoms with Gasteiger partial charge in [0, 0.05) is 24.2 Å². The topological polar surface area (TPSA) is 71.5 Å². The second-order valence-corrected chi connectivity index (χ2v) is 9.61. The zero-order valence-electron chi connectivity index (χ0n) is 9.80. The molecule has 1 rings (SSSR count). The van der Waals surface area contributed by atoms with Crippen molar-refractivity contribution in [2.45, 2.75) is 31.7 Å². The monoisotopic (exact) mass is 347 g/mol. The first-order valence-corrected chi connectivity index (χ1v) is 10.3. The maximum Gasteiger partial charge on any atom is 0.228 e. The second-order valence-electron chi connectivity index (χ2n) is 4.39. The van der Waals surface area contributed by atoms with Crippen LogP contribution in [0.5, 0.6) is 0 Å². The van der Waals surface area contributed by atoms with E-state index in [9.17, 15) is 16.8 Å². The molecule has 17 heavy (non-hydrogen) atoms. The molecule has 0 amide bonds. The molecule has 8 heteroatoms. The van der Waals surface area contributed by atoms with Crippen molar-refractivity contribution < 1.29 is 16.8 Å². The van der Waals surface area contributed by atoms with Crippen molar-refractivity contribution >= 4 is 35.8 Å². The summed E-state index contributed by atoms with van der Waals surface area (Å²) in [5.74, 6) is 0. The van der Waals surface area contributed by atoms with Gasteiger partial charge in [0.15, 0.2) is 14.9 Å². The highest BCUT2D eigenvalue weighted by molar-refractivity contribution is 9.09. The number of sulfone groups is 1. The molecule has 1 unspecified atom stereocenters. The van der Waals surface area contributed by atoms with Crippen molar-refractivity contribution in [1.29, 1.82) is 0 Å². The van der Waals surface area contributed by atoms with Crippen LogP contribution in [0.15, 0.2) is 0 Å². The van der Waals surface area contributed by atoms with Gasteiger partial charge in [-0.25, -0.2) is 16.8 Å². The van der Waals surface area contributed by atoms with Crippen LogP contribution in [0.25, 0.3) is 0 Å². The molecule has 1 aliphatic rings. The van der Waals surface area contributed by atoms with Gasteiger partial charge < -0.3 is 0 Å². The van der Waals surface area contributed by atoms with Crippen LogP contribution in [0.1, 0.15) is 25.7 Å². The molecule has 1 aliphatic heterocycles. The van der Waals surface area contributed by atoms with E-state index >= 15 is 0 Å². The molecule has 5 nitrogen and oxygen atoms in total. The lowest BCUT2D eigenvalue weighted by atomic mass is 10.1. The number of nitrogens with zero attached hydrogens (tertiary/aromatic N) is 1.